The van der Waals surface area contributed by atoms with Crippen LogP contribution in [0.2, 0.25) is 0 Å². The van der Waals surface area contributed by atoms with E-state index in [2.05, 4.69) is 0 Å². The number of alkyl halides is 3. The third kappa shape index (κ3) is 3.43. The molecule has 7 heteroatoms. The molecule has 0 aliphatic rings. The molecule has 1 rings (SSSR count). The normalized spacial score (nSPS) is 15.2. The molecule has 1 aromatic rings. The van der Waals surface area contributed by atoms with E-state index in [-0.39, 0.29) is 5.56 Å². The minimum absolute atomic E-state index is 0.0840. The fourth-order valence-corrected chi connectivity index (χ4v) is 1.38. The molecule has 0 bridgehead atoms. The van der Waals surface area contributed by atoms with Crippen molar-refractivity contribution in [3.05, 3.63) is 35.6 Å². The zero-order chi connectivity index (χ0) is 14.0. The van der Waals surface area contributed by atoms with Crippen molar-refractivity contribution in [1.29, 1.82) is 0 Å². The SMILES string of the molecule is CC(NCC(F)(F)F)(C(=O)O)c1cccc(F)c1. The lowest BCUT2D eigenvalue weighted by Gasteiger charge is -2.27. The van der Waals surface area contributed by atoms with E-state index < -0.39 is 30.0 Å². The first-order valence-electron chi connectivity index (χ1n) is 4.96. The fraction of sp³-hybridized carbons (Fsp3) is 0.364. The van der Waals surface area contributed by atoms with Crippen molar-refractivity contribution in [3.8, 4) is 0 Å². The summed E-state index contributed by atoms with van der Waals surface area (Å²) in [6.45, 7) is -0.428. The van der Waals surface area contributed by atoms with Gasteiger partial charge in [0.15, 0.2) is 0 Å². The maximum absolute atomic E-state index is 13.0. The Hall–Kier alpha value is -1.63. The van der Waals surface area contributed by atoms with E-state index in [4.69, 9.17) is 5.11 Å². The van der Waals surface area contributed by atoms with Gasteiger partial charge in [-0.2, -0.15) is 13.2 Å². The predicted molar refractivity (Wildman–Crippen MR) is 55.4 cm³/mol. The van der Waals surface area contributed by atoms with Crippen LogP contribution in [0, 0.1) is 5.82 Å². The Kier molecular flexibility index (Phi) is 3.95. The van der Waals surface area contributed by atoms with Gasteiger partial charge < -0.3 is 5.11 Å². The summed E-state index contributed by atoms with van der Waals surface area (Å²) >= 11 is 0. The smallest absolute Gasteiger partial charge is 0.401 e. The first-order valence-corrected chi connectivity index (χ1v) is 4.96. The number of carboxylic acids is 1. The quantitative estimate of drug-likeness (QED) is 0.821. The highest BCUT2D eigenvalue weighted by Crippen LogP contribution is 2.24. The molecule has 1 atom stereocenters. The Labute approximate surface area is 100 Å². The molecule has 3 nitrogen and oxygen atoms in total. The second-order valence-corrected chi connectivity index (χ2v) is 3.91. The van der Waals surface area contributed by atoms with Gasteiger partial charge in [0.05, 0.1) is 6.54 Å². The fourth-order valence-electron chi connectivity index (χ4n) is 1.38. The number of halogens is 4. The van der Waals surface area contributed by atoms with Crippen molar-refractivity contribution in [1.82, 2.24) is 5.32 Å². The average molecular weight is 265 g/mol. The van der Waals surface area contributed by atoms with E-state index in [0.29, 0.717) is 0 Å². The van der Waals surface area contributed by atoms with Crippen LogP contribution < -0.4 is 5.32 Å². The van der Waals surface area contributed by atoms with Gasteiger partial charge in [-0.25, -0.2) is 9.18 Å². The summed E-state index contributed by atoms with van der Waals surface area (Å²) in [4.78, 5) is 11.1. The molecule has 18 heavy (non-hydrogen) atoms. The molecule has 0 saturated carbocycles. The van der Waals surface area contributed by atoms with Crippen LogP contribution in [0.25, 0.3) is 0 Å². The molecule has 100 valence electrons. The number of benzene rings is 1. The van der Waals surface area contributed by atoms with Gasteiger partial charge in [-0.3, -0.25) is 5.32 Å². The molecule has 0 spiro atoms. The summed E-state index contributed by atoms with van der Waals surface area (Å²) in [7, 11) is 0. The zero-order valence-corrected chi connectivity index (χ0v) is 9.38. The van der Waals surface area contributed by atoms with E-state index in [1.54, 1.807) is 0 Å². The van der Waals surface area contributed by atoms with Crippen molar-refractivity contribution >= 4 is 5.97 Å². The summed E-state index contributed by atoms with van der Waals surface area (Å²) in [5, 5.41) is 10.9. The van der Waals surface area contributed by atoms with Crippen LogP contribution in [0.5, 0.6) is 0 Å². The van der Waals surface area contributed by atoms with Crippen molar-refractivity contribution in [3.63, 3.8) is 0 Å². The van der Waals surface area contributed by atoms with Gasteiger partial charge in [0.1, 0.15) is 11.4 Å². The average Bonchev–Trinajstić information content (AvgIpc) is 2.24. The molecule has 0 aromatic heterocycles. The molecule has 1 aromatic carbocycles. The van der Waals surface area contributed by atoms with Gasteiger partial charge in [-0.05, 0) is 24.6 Å². The summed E-state index contributed by atoms with van der Waals surface area (Å²) in [6.07, 6.45) is -4.55. The van der Waals surface area contributed by atoms with Crippen molar-refractivity contribution < 1.29 is 27.5 Å². The molecule has 0 radical (unpaired) electrons. The van der Waals surface area contributed by atoms with Gasteiger partial charge in [-0.1, -0.05) is 12.1 Å². The molecule has 0 aliphatic heterocycles. The van der Waals surface area contributed by atoms with Crippen LogP contribution in [-0.4, -0.2) is 23.8 Å². The second kappa shape index (κ2) is 4.93. The second-order valence-electron chi connectivity index (χ2n) is 3.91. The van der Waals surface area contributed by atoms with Crippen LogP contribution in [0.1, 0.15) is 12.5 Å². The minimum atomic E-state index is -4.55. The van der Waals surface area contributed by atoms with Crippen molar-refractivity contribution in [2.45, 2.75) is 18.6 Å². The molecule has 1 unspecified atom stereocenters. The number of nitrogens with one attached hydrogen (secondary N) is 1. The molecule has 0 amide bonds. The molecule has 2 N–H and O–H groups in total. The van der Waals surface area contributed by atoms with Gasteiger partial charge in [0, 0.05) is 0 Å². The Morgan fingerprint density at radius 2 is 2.00 bits per heavy atom. The Morgan fingerprint density at radius 1 is 1.39 bits per heavy atom. The van der Waals surface area contributed by atoms with Gasteiger partial charge >= 0.3 is 12.1 Å². The van der Waals surface area contributed by atoms with E-state index in [9.17, 15) is 22.4 Å². The van der Waals surface area contributed by atoms with E-state index >= 15 is 0 Å². The maximum Gasteiger partial charge on any atom is 0.401 e. The summed E-state index contributed by atoms with van der Waals surface area (Å²) in [5.41, 5.74) is -2.09. The van der Waals surface area contributed by atoms with Gasteiger partial charge in [0.2, 0.25) is 0 Å². The van der Waals surface area contributed by atoms with E-state index in [1.807, 2.05) is 5.32 Å². The highest BCUT2D eigenvalue weighted by Gasteiger charge is 2.39. The Balaban J connectivity index is 3.04. The molecule has 0 saturated heterocycles. The van der Waals surface area contributed by atoms with Gasteiger partial charge in [0.25, 0.3) is 0 Å². The van der Waals surface area contributed by atoms with Crippen LogP contribution in [0.15, 0.2) is 24.3 Å². The lowest BCUT2D eigenvalue weighted by Crippen LogP contribution is -2.50. The van der Waals surface area contributed by atoms with Crippen molar-refractivity contribution in [2.75, 3.05) is 6.54 Å². The molecular formula is C11H11F4NO2. The largest absolute Gasteiger partial charge is 0.480 e. The number of rotatable bonds is 4. The molecule has 0 fully saturated rings. The van der Waals surface area contributed by atoms with Crippen LogP contribution in [0.3, 0.4) is 0 Å². The van der Waals surface area contributed by atoms with Crippen LogP contribution in [0.4, 0.5) is 17.6 Å². The third-order valence-corrected chi connectivity index (χ3v) is 2.47. The molecular weight excluding hydrogens is 254 g/mol. The standard InChI is InChI=1S/C11H11F4NO2/c1-10(9(17)18,16-6-11(13,14)15)7-3-2-4-8(12)5-7/h2-5,16H,6H2,1H3,(H,17,18). The van der Waals surface area contributed by atoms with Crippen molar-refractivity contribution in [2.24, 2.45) is 0 Å². The third-order valence-electron chi connectivity index (χ3n) is 2.47. The minimum Gasteiger partial charge on any atom is -0.480 e. The number of carboxylic acid groups (broad SMARTS) is 1. The predicted octanol–water partition coefficient (Wildman–Crippen LogP) is 2.28. The Bertz CT molecular complexity index is 447. The van der Waals surface area contributed by atoms with Crippen LogP contribution in [-0.2, 0) is 10.3 Å². The van der Waals surface area contributed by atoms with E-state index in [0.717, 1.165) is 19.1 Å². The van der Waals surface area contributed by atoms with Crippen LogP contribution >= 0.6 is 0 Å². The lowest BCUT2D eigenvalue weighted by molar-refractivity contribution is -0.150. The Morgan fingerprint density at radius 3 is 2.44 bits per heavy atom. The number of aliphatic carboxylic acids is 1. The zero-order valence-electron chi connectivity index (χ0n) is 9.38. The highest BCUT2D eigenvalue weighted by atomic mass is 19.4. The number of hydrogen-bond donors (Lipinski definition) is 2. The molecule has 0 heterocycles. The van der Waals surface area contributed by atoms with E-state index in [1.165, 1.54) is 12.1 Å². The lowest BCUT2D eigenvalue weighted by atomic mass is 9.92. The van der Waals surface area contributed by atoms with Gasteiger partial charge in [-0.15, -0.1) is 0 Å². The first-order chi connectivity index (χ1) is 8.15. The summed E-state index contributed by atoms with van der Waals surface area (Å²) in [5.74, 6) is -2.23. The molecule has 0 aliphatic carbocycles. The number of carbonyl (C=O) groups is 1. The number of hydrogen-bond acceptors (Lipinski definition) is 2. The maximum atomic E-state index is 13.0. The highest BCUT2D eigenvalue weighted by molar-refractivity contribution is 5.80. The monoisotopic (exact) mass is 265 g/mol. The topological polar surface area (TPSA) is 49.3 Å². The summed E-state index contributed by atoms with van der Waals surface area (Å²) in [6, 6.07) is 4.45. The first kappa shape index (κ1) is 14.4. The summed E-state index contributed by atoms with van der Waals surface area (Å²) < 4.78 is 49.3.